The first-order valence-electron chi connectivity index (χ1n) is 6.04. The van der Waals surface area contributed by atoms with Crippen LogP contribution < -0.4 is 5.32 Å². The minimum absolute atomic E-state index is 0.00843. The Labute approximate surface area is 100 Å². The minimum Gasteiger partial charge on any atom is -0.317 e. The molecule has 3 heterocycles. The van der Waals surface area contributed by atoms with Crippen LogP contribution in [0.15, 0.2) is 39.6 Å². The van der Waals surface area contributed by atoms with Gasteiger partial charge in [0.1, 0.15) is 5.69 Å². The van der Waals surface area contributed by atoms with E-state index in [1.165, 1.54) is 0 Å². The molecular weight excluding hydrogens is 214 g/mol. The molecule has 1 aromatic heterocycles. The molecule has 1 N–H and O–H groups in total. The first-order valence-corrected chi connectivity index (χ1v) is 6.04. The largest absolute Gasteiger partial charge is 0.317 e. The van der Waals surface area contributed by atoms with E-state index < -0.39 is 0 Å². The number of piperidine rings is 1. The number of nitrogens with one attached hydrogen (secondary N) is 1. The molecule has 1 saturated heterocycles. The molecular formula is C12H15N5. The van der Waals surface area contributed by atoms with Gasteiger partial charge in [-0.3, -0.25) is 4.98 Å². The Morgan fingerprint density at radius 1 is 1.18 bits per heavy atom. The lowest BCUT2D eigenvalue weighted by Gasteiger charge is -2.23. The van der Waals surface area contributed by atoms with Gasteiger partial charge in [-0.15, -0.1) is 5.11 Å². The molecule has 3 rings (SSSR count). The summed E-state index contributed by atoms with van der Waals surface area (Å²) in [5.74, 6) is 1.20. The van der Waals surface area contributed by atoms with E-state index in [2.05, 4.69) is 25.5 Å². The van der Waals surface area contributed by atoms with Crippen molar-refractivity contribution in [2.75, 3.05) is 13.1 Å². The van der Waals surface area contributed by atoms with Gasteiger partial charge < -0.3 is 5.32 Å². The average molecular weight is 229 g/mol. The second-order valence-corrected chi connectivity index (χ2v) is 4.38. The summed E-state index contributed by atoms with van der Waals surface area (Å²) in [5.41, 5.74) is 0.813. The van der Waals surface area contributed by atoms with Crippen LogP contribution in [0, 0.1) is 5.92 Å². The van der Waals surface area contributed by atoms with Crippen molar-refractivity contribution < 1.29 is 0 Å². The van der Waals surface area contributed by atoms with Crippen molar-refractivity contribution in [3.63, 3.8) is 0 Å². The van der Waals surface area contributed by atoms with Crippen LogP contribution in [0.25, 0.3) is 0 Å². The first kappa shape index (κ1) is 10.5. The van der Waals surface area contributed by atoms with Crippen LogP contribution in [0.4, 0.5) is 0 Å². The van der Waals surface area contributed by atoms with Gasteiger partial charge in [0, 0.05) is 12.1 Å². The molecule has 1 atom stereocenters. The molecule has 1 fully saturated rings. The highest BCUT2D eigenvalue weighted by Gasteiger charge is 2.26. The zero-order chi connectivity index (χ0) is 11.5. The van der Waals surface area contributed by atoms with E-state index in [4.69, 9.17) is 0 Å². The summed E-state index contributed by atoms with van der Waals surface area (Å²) in [4.78, 5) is 8.82. The Kier molecular flexibility index (Phi) is 2.92. The molecule has 88 valence electrons. The fraction of sp³-hybridized carbons (Fsp3) is 0.500. The molecule has 5 nitrogen and oxygen atoms in total. The summed E-state index contributed by atoms with van der Waals surface area (Å²) < 4.78 is 0. The third kappa shape index (κ3) is 2.24. The molecule has 0 saturated carbocycles. The molecule has 2 aliphatic rings. The number of aliphatic imine (C=N–C) groups is 1. The fourth-order valence-corrected chi connectivity index (χ4v) is 2.25. The SMILES string of the molecule is c1ccc(C2=N[C@H](C3CCNCC3)N=N2)nc1. The third-order valence-corrected chi connectivity index (χ3v) is 3.22. The second kappa shape index (κ2) is 4.71. The Morgan fingerprint density at radius 3 is 2.82 bits per heavy atom. The first-order chi connectivity index (χ1) is 8.43. The van der Waals surface area contributed by atoms with Gasteiger partial charge in [-0.1, -0.05) is 6.07 Å². The Morgan fingerprint density at radius 2 is 2.06 bits per heavy atom. The van der Waals surface area contributed by atoms with E-state index >= 15 is 0 Å². The maximum absolute atomic E-state index is 4.58. The van der Waals surface area contributed by atoms with Crippen molar-refractivity contribution in [3.05, 3.63) is 30.1 Å². The average Bonchev–Trinajstić information content (AvgIpc) is 2.90. The van der Waals surface area contributed by atoms with E-state index in [1.807, 2.05) is 18.2 Å². The van der Waals surface area contributed by atoms with E-state index in [1.54, 1.807) is 6.20 Å². The van der Waals surface area contributed by atoms with E-state index in [0.29, 0.717) is 11.8 Å². The topological polar surface area (TPSA) is 62.0 Å². The third-order valence-electron chi connectivity index (χ3n) is 3.22. The molecule has 1 aromatic rings. The van der Waals surface area contributed by atoms with E-state index in [-0.39, 0.29) is 6.17 Å². The normalized spacial score (nSPS) is 24.9. The fourth-order valence-electron chi connectivity index (χ4n) is 2.25. The molecule has 0 spiro atoms. The predicted molar refractivity (Wildman–Crippen MR) is 65.0 cm³/mol. The van der Waals surface area contributed by atoms with E-state index in [9.17, 15) is 0 Å². The number of hydrogen-bond donors (Lipinski definition) is 1. The zero-order valence-electron chi connectivity index (χ0n) is 9.58. The van der Waals surface area contributed by atoms with Crippen LogP contribution in [0.5, 0.6) is 0 Å². The van der Waals surface area contributed by atoms with Crippen LogP contribution >= 0.6 is 0 Å². The zero-order valence-corrected chi connectivity index (χ0v) is 9.58. The van der Waals surface area contributed by atoms with Gasteiger partial charge in [0.15, 0.2) is 12.0 Å². The lowest BCUT2D eigenvalue weighted by Crippen LogP contribution is -2.32. The van der Waals surface area contributed by atoms with Gasteiger partial charge in [-0.2, -0.15) is 5.11 Å². The Balaban J connectivity index is 1.75. The van der Waals surface area contributed by atoms with Gasteiger partial charge in [-0.25, -0.2) is 4.99 Å². The summed E-state index contributed by atoms with van der Waals surface area (Å²) in [6.45, 7) is 2.12. The summed E-state index contributed by atoms with van der Waals surface area (Å²) in [6, 6.07) is 5.75. The van der Waals surface area contributed by atoms with Crippen LogP contribution in [0.1, 0.15) is 18.5 Å². The van der Waals surface area contributed by atoms with Crippen LogP contribution in [-0.4, -0.2) is 30.1 Å². The van der Waals surface area contributed by atoms with Crippen LogP contribution in [0.2, 0.25) is 0 Å². The minimum atomic E-state index is 0.00843. The molecule has 0 bridgehead atoms. The number of azo groups is 1. The van der Waals surface area contributed by atoms with Crippen molar-refractivity contribution in [2.24, 2.45) is 21.1 Å². The molecule has 17 heavy (non-hydrogen) atoms. The van der Waals surface area contributed by atoms with Crippen molar-refractivity contribution in [2.45, 2.75) is 19.0 Å². The number of pyridine rings is 1. The summed E-state index contributed by atoms with van der Waals surface area (Å²) in [5, 5.41) is 11.8. The maximum Gasteiger partial charge on any atom is 0.197 e. The van der Waals surface area contributed by atoms with Crippen molar-refractivity contribution in [1.82, 2.24) is 10.3 Å². The van der Waals surface area contributed by atoms with E-state index in [0.717, 1.165) is 31.6 Å². The number of nitrogens with zero attached hydrogens (tertiary/aromatic N) is 4. The maximum atomic E-state index is 4.58. The van der Waals surface area contributed by atoms with Gasteiger partial charge in [-0.05, 0) is 38.1 Å². The van der Waals surface area contributed by atoms with Crippen LogP contribution in [-0.2, 0) is 0 Å². The monoisotopic (exact) mass is 229 g/mol. The van der Waals surface area contributed by atoms with Gasteiger partial charge in [0.25, 0.3) is 0 Å². The van der Waals surface area contributed by atoms with Crippen molar-refractivity contribution in [1.29, 1.82) is 0 Å². The van der Waals surface area contributed by atoms with Gasteiger partial charge in [0.2, 0.25) is 0 Å². The lowest BCUT2D eigenvalue weighted by molar-refractivity contribution is 0.324. The second-order valence-electron chi connectivity index (χ2n) is 4.38. The highest BCUT2D eigenvalue weighted by atomic mass is 15.3. The Hall–Kier alpha value is -1.62. The smallest absolute Gasteiger partial charge is 0.197 e. The van der Waals surface area contributed by atoms with Crippen LogP contribution in [0.3, 0.4) is 0 Å². The summed E-state index contributed by atoms with van der Waals surface area (Å²) >= 11 is 0. The standard InChI is InChI=1S/C12H15N5/c1-2-6-14-10(3-1)12-15-11(16-17-12)9-4-7-13-8-5-9/h1-3,6,9,11,13H,4-5,7-8H2/t11-/m0/s1. The molecule has 0 amide bonds. The molecule has 5 heteroatoms. The highest BCUT2D eigenvalue weighted by Crippen LogP contribution is 2.24. The summed E-state index contributed by atoms with van der Waals surface area (Å²) in [6.07, 6.45) is 4.02. The number of amidine groups is 1. The number of aromatic nitrogens is 1. The van der Waals surface area contributed by atoms with Gasteiger partial charge in [0.05, 0.1) is 0 Å². The highest BCUT2D eigenvalue weighted by molar-refractivity contribution is 5.98. The lowest BCUT2D eigenvalue weighted by atomic mass is 9.95. The number of hydrogen-bond acceptors (Lipinski definition) is 5. The van der Waals surface area contributed by atoms with Crippen molar-refractivity contribution >= 4 is 5.84 Å². The van der Waals surface area contributed by atoms with Gasteiger partial charge >= 0.3 is 0 Å². The molecule has 2 aliphatic heterocycles. The number of rotatable bonds is 2. The predicted octanol–water partition coefficient (Wildman–Crippen LogP) is 1.62. The molecule has 0 aliphatic carbocycles. The molecule has 0 unspecified atom stereocenters. The molecule has 0 radical (unpaired) electrons. The summed E-state index contributed by atoms with van der Waals surface area (Å²) in [7, 11) is 0. The molecule has 0 aromatic carbocycles. The Bertz CT molecular complexity index is 433. The quantitative estimate of drug-likeness (QED) is 0.837. The van der Waals surface area contributed by atoms with Crippen molar-refractivity contribution in [3.8, 4) is 0 Å².